The van der Waals surface area contributed by atoms with E-state index in [4.69, 9.17) is 4.74 Å². The monoisotopic (exact) mass is 299 g/mol. The van der Waals surface area contributed by atoms with Gasteiger partial charge in [0.15, 0.2) is 0 Å². The third-order valence-electron chi connectivity index (χ3n) is 2.52. The molecule has 1 aliphatic carbocycles. The molecule has 1 aliphatic rings. The number of sulfonamides is 1. The minimum Gasteiger partial charge on any atom is -0.385 e. The summed E-state index contributed by atoms with van der Waals surface area (Å²) in [5.41, 5.74) is 0. The predicted molar refractivity (Wildman–Crippen MR) is 63.8 cm³/mol. The molecule has 0 heterocycles. The smallest absolute Gasteiger partial charge is 0.211 e. The average Bonchev–Trinajstić information content (AvgIpc) is 2.51. The number of halogens is 1. The average molecular weight is 300 g/mol. The topological polar surface area (TPSA) is 55.4 Å². The Morgan fingerprint density at radius 1 is 1.47 bits per heavy atom. The van der Waals surface area contributed by atoms with Crippen LogP contribution in [0.2, 0.25) is 0 Å². The summed E-state index contributed by atoms with van der Waals surface area (Å²) in [5, 5.41) is 0. The molecule has 0 aromatic heterocycles. The summed E-state index contributed by atoms with van der Waals surface area (Å²) >= 11 is 3.49. The lowest BCUT2D eigenvalue weighted by atomic mass is 10.3. The van der Waals surface area contributed by atoms with Gasteiger partial charge in [0.25, 0.3) is 0 Å². The molecule has 1 N–H and O–H groups in total. The molecule has 1 saturated carbocycles. The molecular formula is C9H18BrNO3S. The quantitative estimate of drug-likeness (QED) is 0.593. The summed E-state index contributed by atoms with van der Waals surface area (Å²) in [6.07, 6.45) is 3.61. The fourth-order valence-electron chi connectivity index (χ4n) is 1.73. The van der Waals surface area contributed by atoms with Crippen molar-refractivity contribution in [3.63, 3.8) is 0 Å². The molecule has 0 radical (unpaired) electrons. The summed E-state index contributed by atoms with van der Waals surface area (Å²) in [5.74, 6) is 0.150. The van der Waals surface area contributed by atoms with E-state index in [2.05, 4.69) is 20.7 Å². The minimum absolute atomic E-state index is 0.0672. The van der Waals surface area contributed by atoms with E-state index in [1.54, 1.807) is 7.11 Å². The van der Waals surface area contributed by atoms with E-state index in [1.165, 1.54) is 0 Å². The highest BCUT2D eigenvalue weighted by molar-refractivity contribution is 9.09. The van der Waals surface area contributed by atoms with E-state index >= 15 is 0 Å². The molecule has 15 heavy (non-hydrogen) atoms. The molecule has 90 valence electrons. The maximum Gasteiger partial charge on any atom is 0.211 e. The van der Waals surface area contributed by atoms with Gasteiger partial charge in [-0.3, -0.25) is 0 Å². The molecule has 2 unspecified atom stereocenters. The first-order valence-corrected chi connectivity index (χ1v) is 7.75. The Morgan fingerprint density at radius 3 is 2.73 bits per heavy atom. The van der Waals surface area contributed by atoms with Crippen LogP contribution in [0.5, 0.6) is 0 Å². The van der Waals surface area contributed by atoms with E-state index in [0.29, 0.717) is 13.0 Å². The van der Waals surface area contributed by atoms with Crippen LogP contribution in [-0.4, -0.2) is 38.8 Å². The third-order valence-corrected chi connectivity index (χ3v) is 5.11. The lowest BCUT2D eigenvalue weighted by Gasteiger charge is -2.15. The Bertz CT molecular complexity index is 281. The van der Waals surface area contributed by atoms with Crippen LogP contribution in [0.15, 0.2) is 0 Å². The number of hydrogen-bond donors (Lipinski definition) is 1. The largest absolute Gasteiger partial charge is 0.385 e. The second-order valence-corrected chi connectivity index (χ2v) is 6.89. The van der Waals surface area contributed by atoms with Crippen molar-refractivity contribution in [2.45, 2.75) is 36.6 Å². The van der Waals surface area contributed by atoms with Gasteiger partial charge in [0.1, 0.15) is 0 Å². The number of alkyl halides is 1. The Labute approximate surface area is 99.9 Å². The van der Waals surface area contributed by atoms with Crippen LogP contribution in [0, 0.1) is 0 Å². The Balaban J connectivity index is 2.35. The van der Waals surface area contributed by atoms with Crippen molar-refractivity contribution in [3.8, 4) is 0 Å². The highest BCUT2D eigenvalue weighted by atomic mass is 79.9. The van der Waals surface area contributed by atoms with Crippen molar-refractivity contribution in [1.82, 2.24) is 4.72 Å². The van der Waals surface area contributed by atoms with Crippen molar-refractivity contribution in [2.24, 2.45) is 0 Å². The molecule has 4 nitrogen and oxygen atoms in total. The van der Waals surface area contributed by atoms with Gasteiger partial charge in [-0.2, -0.15) is 0 Å². The minimum atomic E-state index is -3.13. The van der Waals surface area contributed by atoms with Crippen LogP contribution in [0.4, 0.5) is 0 Å². The Hall–Kier alpha value is 0.350. The van der Waals surface area contributed by atoms with Crippen LogP contribution >= 0.6 is 15.9 Å². The highest BCUT2D eigenvalue weighted by Crippen LogP contribution is 2.26. The van der Waals surface area contributed by atoms with Gasteiger partial charge in [-0.05, 0) is 19.3 Å². The van der Waals surface area contributed by atoms with Crippen LogP contribution in [0.25, 0.3) is 0 Å². The maximum atomic E-state index is 11.6. The lowest BCUT2D eigenvalue weighted by Crippen LogP contribution is -2.39. The standard InChI is InChI=1S/C9H18BrNO3S/c1-14-6-3-7-15(12,13)11-9-5-2-4-8(9)10/h8-9,11H,2-7H2,1H3. The first-order chi connectivity index (χ1) is 7.05. The van der Waals surface area contributed by atoms with Crippen molar-refractivity contribution in [1.29, 1.82) is 0 Å². The zero-order valence-corrected chi connectivity index (χ0v) is 11.3. The van der Waals surface area contributed by atoms with Gasteiger partial charge in [-0.25, -0.2) is 13.1 Å². The molecule has 0 bridgehead atoms. The summed E-state index contributed by atoms with van der Waals surface area (Å²) in [4.78, 5) is 0.287. The van der Waals surface area contributed by atoms with Crippen molar-refractivity contribution in [2.75, 3.05) is 19.5 Å². The van der Waals surface area contributed by atoms with E-state index in [1.807, 2.05) is 0 Å². The van der Waals surface area contributed by atoms with Crippen molar-refractivity contribution in [3.05, 3.63) is 0 Å². The molecule has 0 amide bonds. The van der Waals surface area contributed by atoms with E-state index in [0.717, 1.165) is 19.3 Å². The van der Waals surface area contributed by atoms with E-state index in [-0.39, 0.29) is 16.6 Å². The molecule has 0 aliphatic heterocycles. The fraction of sp³-hybridized carbons (Fsp3) is 1.00. The van der Waals surface area contributed by atoms with Gasteiger partial charge in [-0.1, -0.05) is 22.4 Å². The van der Waals surface area contributed by atoms with E-state index < -0.39 is 10.0 Å². The van der Waals surface area contributed by atoms with Gasteiger partial charge in [0, 0.05) is 24.6 Å². The number of rotatable bonds is 6. The number of ether oxygens (including phenoxy) is 1. The van der Waals surface area contributed by atoms with Gasteiger partial charge in [0.2, 0.25) is 10.0 Å². The molecule has 0 saturated heterocycles. The van der Waals surface area contributed by atoms with Crippen LogP contribution in [-0.2, 0) is 14.8 Å². The Morgan fingerprint density at radius 2 is 2.20 bits per heavy atom. The zero-order valence-electron chi connectivity index (χ0n) is 8.91. The molecule has 0 aromatic carbocycles. The first kappa shape index (κ1) is 13.4. The third kappa shape index (κ3) is 4.80. The zero-order chi connectivity index (χ0) is 11.3. The van der Waals surface area contributed by atoms with Crippen molar-refractivity contribution >= 4 is 26.0 Å². The van der Waals surface area contributed by atoms with Crippen LogP contribution in [0.3, 0.4) is 0 Å². The Kier molecular flexibility index (Phi) is 5.52. The van der Waals surface area contributed by atoms with E-state index in [9.17, 15) is 8.42 Å². The van der Waals surface area contributed by atoms with Gasteiger partial charge >= 0.3 is 0 Å². The number of nitrogens with one attached hydrogen (secondary N) is 1. The second kappa shape index (κ2) is 6.18. The molecule has 6 heteroatoms. The summed E-state index contributed by atoms with van der Waals surface area (Å²) in [6, 6.07) is 0.0672. The number of hydrogen-bond acceptors (Lipinski definition) is 3. The SMILES string of the molecule is COCCCS(=O)(=O)NC1CCCC1Br. The maximum absolute atomic E-state index is 11.6. The number of methoxy groups -OCH3 is 1. The van der Waals surface area contributed by atoms with Gasteiger partial charge in [-0.15, -0.1) is 0 Å². The summed E-state index contributed by atoms with van der Waals surface area (Å²) in [6.45, 7) is 0.489. The molecule has 1 rings (SSSR count). The van der Waals surface area contributed by atoms with Crippen molar-refractivity contribution < 1.29 is 13.2 Å². The summed E-state index contributed by atoms with van der Waals surface area (Å²) in [7, 11) is -1.56. The molecule has 0 spiro atoms. The second-order valence-electron chi connectivity index (χ2n) is 3.84. The molecule has 2 atom stereocenters. The fourth-order valence-corrected chi connectivity index (χ4v) is 3.98. The van der Waals surface area contributed by atoms with Crippen LogP contribution < -0.4 is 4.72 Å². The summed E-state index contributed by atoms with van der Waals surface area (Å²) < 4.78 is 30.8. The molecule has 1 fully saturated rings. The van der Waals surface area contributed by atoms with Crippen LogP contribution in [0.1, 0.15) is 25.7 Å². The lowest BCUT2D eigenvalue weighted by molar-refractivity contribution is 0.199. The highest BCUT2D eigenvalue weighted by Gasteiger charge is 2.28. The van der Waals surface area contributed by atoms with Gasteiger partial charge < -0.3 is 4.74 Å². The predicted octanol–water partition coefficient (Wildman–Crippen LogP) is 1.26. The molecule has 0 aromatic rings. The first-order valence-electron chi connectivity index (χ1n) is 5.18. The van der Waals surface area contributed by atoms with Gasteiger partial charge in [0.05, 0.1) is 5.75 Å². The molecular weight excluding hydrogens is 282 g/mol. The normalized spacial score (nSPS) is 27.1.